The van der Waals surface area contributed by atoms with Crippen molar-refractivity contribution >= 4 is 11.3 Å². The van der Waals surface area contributed by atoms with E-state index in [9.17, 15) is 0 Å². The minimum atomic E-state index is 0.604. The standard InChI is InChI=1S/C14H25N3S/c1-4-13-9-16-14(18-13)10-15-11(2)12-5-7-17(3)8-6-12/h9,11-12,15H,4-8,10H2,1-3H3. The van der Waals surface area contributed by atoms with Crippen LogP contribution in [0.15, 0.2) is 6.20 Å². The van der Waals surface area contributed by atoms with Crippen LogP contribution in [0.4, 0.5) is 0 Å². The molecule has 0 amide bonds. The Balaban J connectivity index is 1.75. The molecule has 2 rings (SSSR count). The molecule has 1 aliphatic heterocycles. The van der Waals surface area contributed by atoms with E-state index in [4.69, 9.17) is 0 Å². The summed E-state index contributed by atoms with van der Waals surface area (Å²) in [6, 6.07) is 0.604. The molecule has 2 heterocycles. The Hall–Kier alpha value is -0.450. The molecule has 1 fully saturated rings. The molecule has 18 heavy (non-hydrogen) atoms. The molecule has 1 unspecified atom stereocenters. The minimum Gasteiger partial charge on any atom is -0.308 e. The van der Waals surface area contributed by atoms with Gasteiger partial charge in [0.1, 0.15) is 5.01 Å². The van der Waals surface area contributed by atoms with E-state index in [0.717, 1.165) is 18.9 Å². The molecular formula is C14H25N3S. The third kappa shape index (κ3) is 3.77. The van der Waals surface area contributed by atoms with Gasteiger partial charge < -0.3 is 10.2 Å². The topological polar surface area (TPSA) is 28.2 Å². The first-order valence-corrected chi connectivity index (χ1v) is 7.86. The first-order valence-electron chi connectivity index (χ1n) is 7.04. The lowest BCUT2D eigenvalue weighted by atomic mass is 9.90. The summed E-state index contributed by atoms with van der Waals surface area (Å²) < 4.78 is 0. The van der Waals surface area contributed by atoms with Crippen molar-refractivity contribution in [3.8, 4) is 0 Å². The molecule has 4 heteroatoms. The lowest BCUT2D eigenvalue weighted by Gasteiger charge is -2.33. The summed E-state index contributed by atoms with van der Waals surface area (Å²) in [5.41, 5.74) is 0. The van der Waals surface area contributed by atoms with Crippen LogP contribution in [-0.4, -0.2) is 36.1 Å². The summed E-state index contributed by atoms with van der Waals surface area (Å²) in [5, 5.41) is 4.88. The predicted octanol–water partition coefficient (Wildman–Crippen LogP) is 2.53. The average molecular weight is 267 g/mol. The van der Waals surface area contributed by atoms with Crippen LogP contribution < -0.4 is 5.32 Å². The maximum absolute atomic E-state index is 4.46. The van der Waals surface area contributed by atoms with E-state index in [-0.39, 0.29) is 0 Å². The highest BCUT2D eigenvalue weighted by Crippen LogP contribution is 2.20. The first-order chi connectivity index (χ1) is 8.69. The number of nitrogens with zero attached hydrogens (tertiary/aromatic N) is 2. The van der Waals surface area contributed by atoms with Crippen LogP contribution in [0, 0.1) is 5.92 Å². The van der Waals surface area contributed by atoms with Crippen LogP contribution in [0.2, 0.25) is 0 Å². The van der Waals surface area contributed by atoms with Gasteiger partial charge in [0.05, 0.1) is 0 Å². The average Bonchev–Trinajstić information content (AvgIpc) is 2.85. The molecule has 0 bridgehead atoms. The van der Waals surface area contributed by atoms with Crippen molar-refractivity contribution in [3.63, 3.8) is 0 Å². The Morgan fingerprint density at radius 3 is 2.83 bits per heavy atom. The highest BCUT2D eigenvalue weighted by Gasteiger charge is 2.21. The molecule has 3 nitrogen and oxygen atoms in total. The fraction of sp³-hybridized carbons (Fsp3) is 0.786. The molecule has 0 saturated carbocycles. The maximum atomic E-state index is 4.46. The Morgan fingerprint density at radius 2 is 2.22 bits per heavy atom. The molecule has 1 saturated heterocycles. The molecule has 0 aromatic carbocycles. The zero-order chi connectivity index (χ0) is 13.0. The zero-order valence-corrected chi connectivity index (χ0v) is 12.6. The molecule has 0 radical (unpaired) electrons. The van der Waals surface area contributed by atoms with Gasteiger partial charge in [-0.25, -0.2) is 4.98 Å². The summed E-state index contributed by atoms with van der Waals surface area (Å²) in [6.07, 6.45) is 5.76. The van der Waals surface area contributed by atoms with Crippen LogP contribution in [0.25, 0.3) is 0 Å². The van der Waals surface area contributed by atoms with Crippen molar-refractivity contribution in [2.75, 3.05) is 20.1 Å². The van der Waals surface area contributed by atoms with Gasteiger partial charge in [-0.15, -0.1) is 11.3 Å². The first kappa shape index (κ1) is 14.0. The summed E-state index contributed by atoms with van der Waals surface area (Å²) in [6.45, 7) is 7.93. The number of piperidine rings is 1. The number of aryl methyl sites for hydroxylation is 1. The Labute approximate surface area is 115 Å². The van der Waals surface area contributed by atoms with Gasteiger partial charge in [-0.05, 0) is 52.2 Å². The van der Waals surface area contributed by atoms with Crippen molar-refractivity contribution < 1.29 is 0 Å². The third-order valence-electron chi connectivity index (χ3n) is 4.00. The number of aromatic nitrogens is 1. The number of hydrogen-bond acceptors (Lipinski definition) is 4. The smallest absolute Gasteiger partial charge is 0.107 e. The summed E-state index contributed by atoms with van der Waals surface area (Å²) in [5.74, 6) is 0.826. The van der Waals surface area contributed by atoms with E-state index in [1.807, 2.05) is 17.5 Å². The highest BCUT2D eigenvalue weighted by molar-refractivity contribution is 7.11. The number of likely N-dealkylation sites (tertiary alicyclic amines) is 1. The molecule has 1 aromatic rings. The van der Waals surface area contributed by atoms with Gasteiger partial charge in [0, 0.05) is 23.7 Å². The van der Waals surface area contributed by atoms with Crippen molar-refractivity contribution in [2.24, 2.45) is 5.92 Å². The number of nitrogens with one attached hydrogen (secondary N) is 1. The molecule has 1 N–H and O–H groups in total. The van der Waals surface area contributed by atoms with Gasteiger partial charge in [0.25, 0.3) is 0 Å². The summed E-state index contributed by atoms with van der Waals surface area (Å²) >= 11 is 1.84. The lowest BCUT2D eigenvalue weighted by molar-refractivity contribution is 0.189. The molecule has 1 aliphatic rings. The highest BCUT2D eigenvalue weighted by atomic mass is 32.1. The monoisotopic (exact) mass is 267 g/mol. The van der Waals surface area contributed by atoms with Crippen LogP contribution in [0.1, 0.15) is 36.6 Å². The van der Waals surface area contributed by atoms with Crippen LogP contribution in [0.3, 0.4) is 0 Å². The summed E-state index contributed by atoms with van der Waals surface area (Å²) in [7, 11) is 2.22. The van der Waals surface area contributed by atoms with Crippen molar-refractivity contribution in [1.82, 2.24) is 15.2 Å². The normalized spacial score (nSPS) is 20.2. The van der Waals surface area contributed by atoms with Gasteiger partial charge in [-0.3, -0.25) is 0 Å². The maximum Gasteiger partial charge on any atom is 0.107 e. The molecular weight excluding hydrogens is 242 g/mol. The van der Waals surface area contributed by atoms with Crippen molar-refractivity contribution in [2.45, 2.75) is 45.7 Å². The van der Waals surface area contributed by atoms with Gasteiger partial charge in [0.2, 0.25) is 0 Å². The SMILES string of the molecule is CCc1cnc(CNC(C)C2CCN(C)CC2)s1. The Kier molecular flexibility index (Phi) is 5.15. The Bertz CT molecular complexity index is 356. The van der Waals surface area contributed by atoms with Gasteiger partial charge in [-0.2, -0.15) is 0 Å². The zero-order valence-electron chi connectivity index (χ0n) is 11.8. The quantitative estimate of drug-likeness (QED) is 0.888. The molecule has 1 atom stereocenters. The predicted molar refractivity (Wildman–Crippen MR) is 78.0 cm³/mol. The van der Waals surface area contributed by atoms with Gasteiger partial charge >= 0.3 is 0 Å². The second-order valence-corrected chi connectivity index (χ2v) is 6.58. The van der Waals surface area contributed by atoms with E-state index >= 15 is 0 Å². The van der Waals surface area contributed by atoms with Gasteiger partial charge in [0.15, 0.2) is 0 Å². The number of rotatable bonds is 5. The molecule has 0 aliphatic carbocycles. The molecule has 102 valence electrons. The van der Waals surface area contributed by atoms with Crippen molar-refractivity contribution in [3.05, 3.63) is 16.1 Å². The largest absolute Gasteiger partial charge is 0.308 e. The second-order valence-electron chi connectivity index (χ2n) is 5.38. The van der Waals surface area contributed by atoms with E-state index in [1.54, 1.807) is 0 Å². The molecule has 1 aromatic heterocycles. The lowest BCUT2D eigenvalue weighted by Crippen LogP contribution is -2.40. The molecule has 0 spiro atoms. The number of hydrogen-bond donors (Lipinski definition) is 1. The summed E-state index contributed by atoms with van der Waals surface area (Å²) in [4.78, 5) is 8.28. The van der Waals surface area contributed by atoms with E-state index in [0.29, 0.717) is 6.04 Å². The Morgan fingerprint density at radius 1 is 1.50 bits per heavy atom. The van der Waals surface area contributed by atoms with Crippen LogP contribution in [-0.2, 0) is 13.0 Å². The fourth-order valence-electron chi connectivity index (χ4n) is 2.54. The number of thiazole rings is 1. The van der Waals surface area contributed by atoms with Crippen molar-refractivity contribution in [1.29, 1.82) is 0 Å². The third-order valence-corrected chi connectivity index (χ3v) is 5.14. The van der Waals surface area contributed by atoms with Crippen LogP contribution in [0.5, 0.6) is 0 Å². The van der Waals surface area contributed by atoms with Gasteiger partial charge in [-0.1, -0.05) is 6.92 Å². The van der Waals surface area contributed by atoms with E-state index < -0.39 is 0 Å². The van der Waals surface area contributed by atoms with E-state index in [2.05, 4.69) is 36.1 Å². The fourth-order valence-corrected chi connectivity index (χ4v) is 3.35. The van der Waals surface area contributed by atoms with Crippen LogP contribution >= 0.6 is 11.3 Å². The second kappa shape index (κ2) is 6.64. The minimum absolute atomic E-state index is 0.604. The van der Waals surface area contributed by atoms with E-state index in [1.165, 1.54) is 35.8 Å².